The first-order valence-electron chi connectivity index (χ1n) is 6.03. The van der Waals surface area contributed by atoms with Gasteiger partial charge in [-0.15, -0.1) is 0 Å². The lowest BCUT2D eigenvalue weighted by molar-refractivity contribution is 0.515. The Morgan fingerprint density at radius 2 is 2.12 bits per heavy atom. The van der Waals surface area contributed by atoms with Crippen molar-refractivity contribution in [1.82, 2.24) is 9.55 Å². The number of rotatable bonds is 4. The summed E-state index contributed by atoms with van der Waals surface area (Å²) in [5.41, 5.74) is 2.12. The molecule has 0 amide bonds. The number of aromatic nitrogens is 2. The molecule has 0 bridgehead atoms. The molecule has 2 rings (SSSR count). The molecule has 0 saturated heterocycles. The molecule has 3 nitrogen and oxygen atoms in total. The van der Waals surface area contributed by atoms with E-state index in [2.05, 4.69) is 35.5 Å². The van der Waals surface area contributed by atoms with Crippen LogP contribution in [0.25, 0.3) is 11.0 Å². The normalized spacial score (nSPS) is 10.9. The van der Waals surface area contributed by atoms with Crippen molar-refractivity contribution < 1.29 is 0 Å². The van der Waals surface area contributed by atoms with Gasteiger partial charge in [-0.05, 0) is 24.5 Å². The summed E-state index contributed by atoms with van der Waals surface area (Å²) >= 11 is 0. The number of nitrogens with zero attached hydrogens (tertiary/aromatic N) is 3. The molecule has 2 aromatic rings. The third-order valence-corrected chi connectivity index (χ3v) is 2.90. The van der Waals surface area contributed by atoms with Gasteiger partial charge in [0, 0.05) is 6.54 Å². The molecule has 0 aliphatic rings. The summed E-state index contributed by atoms with van der Waals surface area (Å²) in [6.45, 7) is 5.36. The van der Waals surface area contributed by atoms with Crippen LogP contribution < -0.4 is 0 Å². The van der Waals surface area contributed by atoms with E-state index in [-0.39, 0.29) is 0 Å². The van der Waals surface area contributed by atoms with Crippen LogP contribution in [0.3, 0.4) is 0 Å². The van der Waals surface area contributed by atoms with Crippen molar-refractivity contribution in [2.24, 2.45) is 5.92 Å². The first-order valence-corrected chi connectivity index (χ1v) is 6.03. The number of aryl methyl sites for hydroxylation is 1. The molecule has 0 spiro atoms. The molecular weight excluding hydrogens is 210 g/mol. The number of imidazole rings is 1. The lowest BCUT2D eigenvalue weighted by atomic mass is 10.1. The Labute approximate surface area is 102 Å². The van der Waals surface area contributed by atoms with E-state index in [0.717, 1.165) is 29.8 Å². The predicted octanol–water partition coefficient (Wildman–Crippen LogP) is 3.15. The van der Waals surface area contributed by atoms with Crippen LogP contribution in [0.15, 0.2) is 24.3 Å². The summed E-state index contributed by atoms with van der Waals surface area (Å²) in [6, 6.07) is 10.3. The van der Waals surface area contributed by atoms with Crippen LogP contribution in [0.2, 0.25) is 0 Å². The molecule has 3 heteroatoms. The van der Waals surface area contributed by atoms with Gasteiger partial charge < -0.3 is 4.57 Å². The van der Waals surface area contributed by atoms with Gasteiger partial charge in [0.15, 0.2) is 0 Å². The van der Waals surface area contributed by atoms with E-state index in [0.29, 0.717) is 12.3 Å². The topological polar surface area (TPSA) is 41.6 Å². The Kier molecular flexibility index (Phi) is 3.43. The van der Waals surface area contributed by atoms with Crippen molar-refractivity contribution in [2.75, 3.05) is 0 Å². The van der Waals surface area contributed by atoms with E-state index in [1.165, 1.54) is 0 Å². The average Bonchev–Trinajstić information content (AvgIpc) is 2.64. The Bertz CT molecular complexity index is 546. The minimum absolute atomic E-state index is 0.382. The van der Waals surface area contributed by atoms with E-state index in [9.17, 15) is 0 Å². The van der Waals surface area contributed by atoms with E-state index in [1.54, 1.807) is 0 Å². The molecule has 1 aromatic heterocycles. The number of para-hydroxylation sites is 2. The Morgan fingerprint density at radius 3 is 2.82 bits per heavy atom. The number of benzene rings is 1. The Hall–Kier alpha value is -1.82. The molecule has 0 aliphatic carbocycles. The third kappa shape index (κ3) is 2.47. The fraction of sp³-hybridized carbons (Fsp3) is 0.429. The van der Waals surface area contributed by atoms with Crippen molar-refractivity contribution in [3.05, 3.63) is 30.1 Å². The molecule has 0 aliphatic heterocycles. The smallest absolute Gasteiger partial charge is 0.124 e. The fourth-order valence-electron chi connectivity index (χ4n) is 1.97. The predicted molar refractivity (Wildman–Crippen MR) is 68.5 cm³/mol. The summed E-state index contributed by atoms with van der Waals surface area (Å²) in [6.07, 6.45) is 1.49. The largest absolute Gasteiger partial charge is 0.327 e. The van der Waals surface area contributed by atoms with Gasteiger partial charge in [0.1, 0.15) is 5.82 Å². The van der Waals surface area contributed by atoms with Crippen LogP contribution in [-0.4, -0.2) is 9.55 Å². The maximum absolute atomic E-state index is 8.84. The van der Waals surface area contributed by atoms with Crippen LogP contribution in [0.1, 0.15) is 26.1 Å². The average molecular weight is 227 g/mol. The molecule has 0 atom stereocenters. The molecule has 1 heterocycles. The van der Waals surface area contributed by atoms with Gasteiger partial charge in [0.2, 0.25) is 0 Å². The number of fused-ring (bicyclic) bond motifs is 1. The first kappa shape index (κ1) is 11.7. The third-order valence-electron chi connectivity index (χ3n) is 2.90. The minimum Gasteiger partial charge on any atom is -0.327 e. The Balaban J connectivity index is 2.41. The highest BCUT2D eigenvalue weighted by Gasteiger charge is 2.09. The highest BCUT2D eigenvalue weighted by atomic mass is 15.1. The SMILES string of the molecule is CC(C)CCn1c(CC#N)nc2ccccc21. The van der Waals surface area contributed by atoms with Crippen LogP contribution in [0.5, 0.6) is 0 Å². The summed E-state index contributed by atoms with van der Waals surface area (Å²) in [5, 5.41) is 8.84. The molecule has 0 radical (unpaired) electrons. The van der Waals surface area contributed by atoms with Crippen LogP contribution in [0, 0.1) is 17.2 Å². The minimum atomic E-state index is 0.382. The fourth-order valence-corrected chi connectivity index (χ4v) is 1.97. The van der Waals surface area contributed by atoms with Gasteiger partial charge in [0.05, 0.1) is 23.5 Å². The second-order valence-corrected chi connectivity index (χ2v) is 4.69. The van der Waals surface area contributed by atoms with Gasteiger partial charge in [-0.3, -0.25) is 0 Å². The zero-order valence-electron chi connectivity index (χ0n) is 10.3. The van der Waals surface area contributed by atoms with Gasteiger partial charge in [-0.2, -0.15) is 5.26 Å². The monoisotopic (exact) mass is 227 g/mol. The molecular formula is C14H17N3. The van der Waals surface area contributed by atoms with E-state index < -0.39 is 0 Å². The summed E-state index contributed by atoms with van der Waals surface area (Å²) in [5.74, 6) is 1.54. The highest BCUT2D eigenvalue weighted by Crippen LogP contribution is 2.18. The molecule has 1 aromatic carbocycles. The second-order valence-electron chi connectivity index (χ2n) is 4.69. The molecule has 0 fully saturated rings. The molecule has 88 valence electrons. The van der Waals surface area contributed by atoms with E-state index in [4.69, 9.17) is 5.26 Å². The quantitative estimate of drug-likeness (QED) is 0.805. The maximum atomic E-state index is 8.84. The van der Waals surface area contributed by atoms with E-state index in [1.807, 2.05) is 18.2 Å². The second kappa shape index (κ2) is 5.01. The standard InChI is InChI=1S/C14H17N3/c1-11(2)8-10-17-13-6-4-3-5-12(13)16-14(17)7-9-15/h3-6,11H,7-8,10H2,1-2H3. The van der Waals surface area contributed by atoms with Crippen molar-refractivity contribution >= 4 is 11.0 Å². The maximum Gasteiger partial charge on any atom is 0.124 e. The number of hydrogen-bond donors (Lipinski definition) is 0. The number of nitriles is 1. The highest BCUT2D eigenvalue weighted by molar-refractivity contribution is 5.75. The molecule has 0 unspecified atom stereocenters. The van der Waals surface area contributed by atoms with Crippen molar-refractivity contribution in [1.29, 1.82) is 5.26 Å². The lowest BCUT2D eigenvalue weighted by Crippen LogP contribution is -2.05. The van der Waals surface area contributed by atoms with Gasteiger partial charge in [0.25, 0.3) is 0 Å². The van der Waals surface area contributed by atoms with Gasteiger partial charge in [-0.1, -0.05) is 26.0 Å². The first-order chi connectivity index (χ1) is 8.22. The molecule has 0 N–H and O–H groups in total. The Morgan fingerprint density at radius 1 is 1.35 bits per heavy atom. The lowest BCUT2D eigenvalue weighted by Gasteiger charge is -2.09. The van der Waals surface area contributed by atoms with Crippen LogP contribution in [-0.2, 0) is 13.0 Å². The van der Waals surface area contributed by atoms with Crippen molar-refractivity contribution in [3.63, 3.8) is 0 Å². The number of hydrogen-bond acceptors (Lipinski definition) is 2. The van der Waals surface area contributed by atoms with Crippen LogP contribution in [0.4, 0.5) is 0 Å². The summed E-state index contributed by atoms with van der Waals surface area (Å²) in [4.78, 5) is 4.52. The summed E-state index contributed by atoms with van der Waals surface area (Å²) in [7, 11) is 0. The van der Waals surface area contributed by atoms with Crippen molar-refractivity contribution in [3.8, 4) is 6.07 Å². The van der Waals surface area contributed by atoms with Gasteiger partial charge in [-0.25, -0.2) is 4.98 Å². The van der Waals surface area contributed by atoms with Gasteiger partial charge >= 0.3 is 0 Å². The molecule has 0 saturated carbocycles. The molecule has 17 heavy (non-hydrogen) atoms. The van der Waals surface area contributed by atoms with Crippen molar-refractivity contribution in [2.45, 2.75) is 33.2 Å². The zero-order chi connectivity index (χ0) is 12.3. The van der Waals surface area contributed by atoms with Crippen LogP contribution >= 0.6 is 0 Å². The summed E-state index contributed by atoms with van der Waals surface area (Å²) < 4.78 is 2.18. The van der Waals surface area contributed by atoms with E-state index >= 15 is 0 Å². The zero-order valence-corrected chi connectivity index (χ0v) is 10.3.